The van der Waals surface area contributed by atoms with E-state index in [4.69, 9.17) is 16.1 Å². The highest BCUT2D eigenvalue weighted by Gasteiger charge is 2.30. The van der Waals surface area contributed by atoms with Crippen molar-refractivity contribution in [2.75, 3.05) is 13.1 Å². The topological polar surface area (TPSA) is 42.2 Å². The van der Waals surface area contributed by atoms with Crippen LogP contribution in [0.4, 0.5) is 0 Å². The quantitative estimate of drug-likeness (QED) is 0.857. The highest BCUT2D eigenvalue weighted by atomic mass is 35.5. The van der Waals surface area contributed by atoms with Gasteiger partial charge < -0.3 is 4.52 Å². The first-order chi connectivity index (χ1) is 10.4. The van der Waals surface area contributed by atoms with Crippen LogP contribution >= 0.6 is 11.6 Å². The molecule has 22 heavy (non-hydrogen) atoms. The summed E-state index contributed by atoms with van der Waals surface area (Å²) in [7, 11) is 0. The molecule has 0 amide bonds. The van der Waals surface area contributed by atoms with Crippen LogP contribution in [0.3, 0.4) is 0 Å². The molecule has 5 heteroatoms. The lowest BCUT2D eigenvalue weighted by molar-refractivity contribution is 0.307. The highest BCUT2D eigenvalue weighted by molar-refractivity contribution is 6.30. The molecule has 118 valence electrons. The average molecular weight is 320 g/mol. The van der Waals surface area contributed by atoms with E-state index in [1.807, 2.05) is 12.1 Å². The van der Waals surface area contributed by atoms with Crippen LogP contribution in [0.1, 0.15) is 50.4 Å². The molecule has 1 fully saturated rings. The fraction of sp³-hybridized carbons (Fsp3) is 0.529. The molecule has 0 aliphatic carbocycles. The second-order valence-electron chi connectivity index (χ2n) is 7.05. The maximum atomic E-state index is 5.93. The van der Waals surface area contributed by atoms with Gasteiger partial charge in [0.2, 0.25) is 5.89 Å². The van der Waals surface area contributed by atoms with Crippen LogP contribution in [0.5, 0.6) is 0 Å². The van der Waals surface area contributed by atoms with Crippen molar-refractivity contribution >= 4 is 11.6 Å². The summed E-state index contributed by atoms with van der Waals surface area (Å²) in [5.74, 6) is 1.91. The van der Waals surface area contributed by atoms with Crippen LogP contribution in [0, 0.1) is 0 Å². The molecule has 4 nitrogen and oxygen atoms in total. The van der Waals surface area contributed by atoms with Crippen LogP contribution in [0.15, 0.2) is 28.8 Å². The number of halogens is 1. The maximum absolute atomic E-state index is 5.93. The van der Waals surface area contributed by atoms with Gasteiger partial charge in [-0.05, 0) is 30.7 Å². The summed E-state index contributed by atoms with van der Waals surface area (Å²) >= 11 is 5.93. The smallest absolute Gasteiger partial charge is 0.231 e. The lowest BCUT2D eigenvalue weighted by atomic mass is 9.96. The molecule has 0 unspecified atom stereocenters. The van der Waals surface area contributed by atoms with E-state index in [0.717, 1.165) is 42.8 Å². The van der Waals surface area contributed by atoms with Crippen LogP contribution in [-0.4, -0.2) is 28.1 Å². The third-order valence-electron chi connectivity index (χ3n) is 4.05. The maximum Gasteiger partial charge on any atom is 0.231 e. The Morgan fingerprint density at radius 3 is 2.64 bits per heavy atom. The summed E-state index contributed by atoms with van der Waals surface area (Å²) in [5, 5.41) is 4.91. The van der Waals surface area contributed by atoms with E-state index in [2.05, 4.69) is 47.9 Å². The number of nitrogens with zero attached hydrogens (tertiary/aromatic N) is 3. The van der Waals surface area contributed by atoms with Crippen molar-refractivity contribution in [3.63, 3.8) is 0 Å². The van der Waals surface area contributed by atoms with Gasteiger partial charge in [0.25, 0.3) is 0 Å². The lowest BCUT2D eigenvalue weighted by Crippen LogP contribution is -2.19. The van der Waals surface area contributed by atoms with Crippen molar-refractivity contribution in [3.8, 4) is 0 Å². The summed E-state index contributed by atoms with van der Waals surface area (Å²) in [4.78, 5) is 7.02. The fourth-order valence-electron chi connectivity index (χ4n) is 2.73. The van der Waals surface area contributed by atoms with Crippen molar-refractivity contribution < 1.29 is 4.52 Å². The molecule has 0 bridgehead atoms. The summed E-state index contributed by atoms with van der Waals surface area (Å²) in [6.45, 7) is 9.26. The monoisotopic (exact) mass is 319 g/mol. The molecular weight excluding hydrogens is 298 g/mol. The highest BCUT2D eigenvalue weighted by Crippen LogP contribution is 2.29. The first-order valence-corrected chi connectivity index (χ1v) is 8.10. The molecule has 0 N–H and O–H groups in total. The summed E-state index contributed by atoms with van der Waals surface area (Å²) in [6.07, 6.45) is 1.07. The average Bonchev–Trinajstić information content (AvgIpc) is 3.09. The predicted molar refractivity (Wildman–Crippen MR) is 87.1 cm³/mol. The molecule has 1 aliphatic rings. The van der Waals surface area contributed by atoms with Crippen LogP contribution in [0.25, 0.3) is 0 Å². The molecule has 0 spiro atoms. The van der Waals surface area contributed by atoms with Crippen LogP contribution in [0.2, 0.25) is 5.02 Å². The number of hydrogen-bond donors (Lipinski definition) is 0. The second kappa shape index (κ2) is 6.01. The largest absolute Gasteiger partial charge is 0.339 e. The van der Waals surface area contributed by atoms with Crippen LogP contribution < -0.4 is 0 Å². The Labute approximate surface area is 136 Å². The van der Waals surface area contributed by atoms with Crippen molar-refractivity contribution in [2.24, 2.45) is 0 Å². The van der Waals surface area contributed by atoms with Crippen molar-refractivity contribution in [1.29, 1.82) is 0 Å². The molecule has 2 heterocycles. The van der Waals surface area contributed by atoms with E-state index >= 15 is 0 Å². The zero-order valence-electron chi connectivity index (χ0n) is 13.3. The van der Waals surface area contributed by atoms with Crippen molar-refractivity contribution in [2.45, 2.75) is 45.1 Å². The lowest BCUT2D eigenvalue weighted by Gasteiger charge is -2.15. The number of benzene rings is 1. The number of rotatable bonds is 3. The van der Waals surface area contributed by atoms with Crippen molar-refractivity contribution in [1.82, 2.24) is 15.0 Å². The molecule has 3 rings (SSSR count). The minimum Gasteiger partial charge on any atom is -0.339 e. The number of likely N-dealkylation sites (tertiary alicyclic amines) is 1. The SMILES string of the molecule is CC(C)(C)c1noc([C@H]2CCN(Cc3ccc(Cl)cc3)C2)n1. The van der Waals surface area contributed by atoms with E-state index in [0.29, 0.717) is 5.92 Å². The number of aromatic nitrogens is 2. The van der Waals surface area contributed by atoms with Gasteiger partial charge in [0, 0.05) is 23.5 Å². The first kappa shape index (κ1) is 15.5. The summed E-state index contributed by atoms with van der Waals surface area (Å²) in [5.41, 5.74) is 1.22. The van der Waals surface area contributed by atoms with Gasteiger partial charge in [-0.3, -0.25) is 4.90 Å². The van der Waals surface area contributed by atoms with Gasteiger partial charge in [0.05, 0.1) is 5.92 Å². The third kappa shape index (κ3) is 3.50. The van der Waals surface area contributed by atoms with E-state index < -0.39 is 0 Å². The molecule has 1 atom stereocenters. The zero-order chi connectivity index (χ0) is 15.7. The van der Waals surface area contributed by atoms with Gasteiger partial charge in [0.15, 0.2) is 5.82 Å². The Hall–Kier alpha value is -1.39. The van der Waals surface area contributed by atoms with Gasteiger partial charge in [-0.2, -0.15) is 4.98 Å². The Morgan fingerprint density at radius 2 is 2.00 bits per heavy atom. The number of hydrogen-bond acceptors (Lipinski definition) is 4. The van der Waals surface area contributed by atoms with Gasteiger partial charge in [-0.15, -0.1) is 0 Å². The molecule has 1 saturated heterocycles. The first-order valence-electron chi connectivity index (χ1n) is 7.73. The van der Waals surface area contributed by atoms with Gasteiger partial charge in [-0.1, -0.05) is 49.7 Å². The molecular formula is C17H22ClN3O. The van der Waals surface area contributed by atoms with E-state index in [9.17, 15) is 0 Å². The summed E-state index contributed by atoms with van der Waals surface area (Å²) in [6, 6.07) is 8.05. The zero-order valence-corrected chi connectivity index (χ0v) is 14.1. The van der Waals surface area contributed by atoms with E-state index in [-0.39, 0.29) is 5.41 Å². The fourth-order valence-corrected chi connectivity index (χ4v) is 2.86. The standard InChI is InChI=1S/C17H22ClN3O/c1-17(2,3)16-19-15(22-20-16)13-8-9-21(11-13)10-12-4-6-14(18)7-5-12/h4-7,13H,8-11H2,1-3H3/t13-/m0/s1. The normalized spacial score (nSPS) is 19.7. The molecule has 2 aromatic rings. The molecule has 1 aromatic heterocycles. The van der Waals surface area contributed by atoms with E-state index in [1.54, 1.807) is 0 Å². The molecule has 0 radical (unpaired) electrons. The van der Waals surface area contributed by atoms with Crippen LogP contribution in [-0.2, 0) is 12.0 Å². The molecule has 0 saturated carbocycles. The van der Waals surface area contributed by atoms with Gasteiger partial charge in [0.1, 0.15) is 0 Å². The van der Waals surface area contributed by atoms with Gasteiger partial charge >= 0.3 is 0 Å². The van der Waals surface area contributed by atoms with Crippen molar-refractivity contribution in [3.05, 3.63) is 46.6 Å². The minimum absolute atomic E-state index is 0.0661. The third-order valence-corrected chi connectivity index (χ3v) is 4.31. The Kier molecular flexibility index (Phi) is 4.24. The Morgan fingerprint density at radius 1 is 1.27 bits per heavy atom. The van der Waals surface area contributed by atoms with E-state index in [1.165, 1.54) is 5.56 Å². The molecule has 1 aliphatic heterocycles. The Balaban J connectivity index is 1.62. The minimum atomic E-state index is -0.0661. The predicted octanol–water partition coefficient (Wildman–Crippen LogP) is 4.01. The summed E-state index contributed by atoms with van der Waals surface area (Å²) < 4.78 is 5.48. The molecule has 1 aromatic carbocycles. The Bertz CT molecular complexity index is 630. The second-order valence-corrected chi connectivity index (χ2v) is 7.49. The van der Waals surface area contributed by atoms with Gasteiger partial charge in [-0.25, -0.2) is 0 Å².